The van der Waals surface area contributed by atoms with E-state index in [0.29, 0.717) is 16.5 Å². The molecule has 0 aliphatic carbocycles. The van der Waals surface area contributed by atoms with Gasteiger partial charge < -0.3 is 9.80 Å². The number of hydrogen-bond donors (Lipinski definition) is 0. The highest BCUT2D eigenvalue weighted by Crippen LogP contribution is 2.23. The third-order valence-electron chi connectivity index (χ3n) is 3.95. The molecule has 0 N–H and O–H groups in total. The van der Waals surface area contributed by atoms with Gasteiger partial charge in [-0.15, -0.1) is 0 Å². The molecule has 0 spiro atoms. The Labute approximate surface area is 137 Å². The van der Waals surface area contributed by atoms with E-state index < -0.39 is 0 Å². The molecule has 1 aliphatic rings. The fraction of sp³-hybridized carbons (Fsp3) is 0.688. The van der Waals surface area contributed by atoms with Crippen LogP contribution in [0, 0.1) is 0 Å². The second-order valence-corrected chi connectivity index (χ2v) is 6.90. The van der Waals surface area contributed by atoms with Crippen molar-refractivity contribution in [1.29, 1.82) is 0 Å². The first kappa shape index (κ1) is 17.2. The number of likely N-dealkylation sites (tertiary alicyclic amines) is 1. The minimum Gasteiger partial charge on any atom is -0.333 e. The monoisotopic (exact) mass is 324 g/mol. The average Bonchev–Trinajstić information content (AvgIpc) is 2.46. The third-order valence-corrected chi connectivity index (χ3v) is 4.22. The zero-order valence-electron chi connectivity index (χ0n) is 13.8. The molecule has 0 radical (unpaired) electrons. The summed E-state index contributed by atoms with van der Waals surface area (Å²) in [5, 5.41) is 0.337. The minimum atomic E-state index is -0.0687. The molecule has 0 bridgehead atoms. The number of hydrogen-bond acceptors (Lipinski definition) is 4. The van der Waals surface area contributed by atoms with E-state index in [4.69, 9.17) is 11.6 Å². The van der Waals surface area contributed by atoms with Crippen molar-refractivity contribution in [2.75, 3.05) is 27.2 Å². The largest absolute Gasteiger partial charge is 0.333 e. The molecule has 1 saturated heterocycles. The molecule has 2 rings (SSSR count). The van der Waals surface area contributed by atoms with Gasteiger partial charge in [0.1, 0.15) is 5.82 Å². The minimum absolute atomic E-state index is 0.0687. The zero-order valence-corrected chi connectivity index (χ0v) is 14.6. The van der Waals surface area contributed by atoms with E-state index in [1.165, 1.54) is 0 Å². The van der Waals surface area contributed by atoms with E-state index in [2.05, 4.69) is 14.9 Å². The van der Waals surface area contributed by atoms with Crippen molar-refractivity contribution >= 4 is 17.5 Å². The maximum absolute atomic E-state index is 12.9. The maximum atomic E-state index is 12.9. The first-order chi connectivity index (χ1) is 10.4. The first-order valence-electron chi connectivity index (χ1n) is 7.88. The van der Waals surface area contributed by atoms with Crippen LogP contribution < -0.4 is 0 Å². The molecular formula is C16H25ClN4O. The lowest BCUT2D eigenvalue weighted by Crippen LogP contribution is -2.48. The second-order valence-electron chi connectivity index (χ2n) is 6.49. The van der Waals surface area contributed by atoms with Gasteiger partial charge in [0.15, 0.2) is 5.69 Å². The molecule has 1 aromatic heterocycles. The Morgan fingerprint density at radius 3 is 2.82 bits per heavy atom. The van der Waals surface area contributed by atoms with Gasteiger partial charge in [0.05, 0.1) is 11.2 Å². The van der Waals surface area contributed by atoms with Gasteiger partial charge in [0.25, 0.3) is 5.91 Å². The molecule has 22 heavy (non-hydrogen) atoms. The lowest BCUT2D eigenvalue weighted by molar-refractivity contribution is 0.0568. The highest BCUT2D eigenvalue weighted by atomic mass is 35.5. The number of halogens is 1. The van der Waals surface area contributed by atoms with Gasteiger partial charge in [-0.1, -0.05) is 25.4 Å². The molecule has 1 amide bonds. The van der Waals surface area contributed by atoms with Crippen LogP contribution in [0.5, 0.6) is 0 Å². The van der Waals surface area contributed by atoms with Gasteiger partial charge in [-0.25, -0.2) is 9.97 Å². The molecule has 0 saturated carbocycles. The summed E-state index contributed by atoms with van der Waals surface area (Å²) in [7, 11) is 4.07. The Morgan fingerprint density at radius 2 is 2.18 bits per heavy atom. The molecule has 0 unspecified atom stereocenters. The zero-order chi connectivity index (χ0) is 16.3. The van der Waals surface area contributed by atoms with Crippen LogP contribution in [0.3, 0.4) is 0 Å². The summed E-state index contributed by atoms with van der Waals surface area (Å²) in [6, 6.07) is 0.227. The molecule has 1 aliphatic heterocycles. The van der Waals surface area contributed by atoms with Gasteiger partial charge in [-0.05, 0) is 33.4 Å². The predicted molar refractivity (Wildman–Crippen MR) is 88.4 cm³/mol. The summed E-state index contributed by atoms with van der Waals surface area (Å²) in [6.07, 6.45) is 4.78. The van der Waals surface area contributed by atoms with Crippen LogP contribution in [0.4, 0.5) is 0 Å². The van der Waals surface area contributed by atoms with Crippen molar-refractivity contribution in [2.45, 2.75) is 45.1 Å². The summed E-state index contributed by atoms with van der Waals surface area (Å²) in [5.41, 5.74) is 0.339. The number of rotatable bonds is 4. The van der Waals surface area contributed by atoms with Crippen LogP contribution >= 0.6 is 11.6 Å². The Balaban J connectivity index is 2.27. The van der Waals surface area contributed by atoms with Crippen LogP contribution in [-0.4, -0.2) is 58.9 Å². The Kier molecular flexibility index (Phi) is 5.75. The molecule has 2 heterocycles. The van der Waals surface area contributed by atoms with E-state index in [-0.39, 0.29) is 17.9 Å². The Bertz CT molecular complexity index is 533. The van der Waals surface area contributed by atoms with Gasteiger partial charge in [0.2, 0.25) is 0 Å². The van der Waals surface area contributed by atoms with Crippen molar-refractivity contribution in [3.05, 3.63) is 22.7 Å². The number of carbonyl (C=O) groups excluding carboxylic acids is 1. The van der Waals surface area contributed by atoms with E-state index in [0.717, 1.165) is 32.4 Å². The van der Waals surface area contributed by atoms with Crippen LogP contribution in [0.25, 0.3) is 0 Å². The van der Waals surface area contributed by atoms with Crippen LogP contribution in [0.15, 0.2) is 6.20 Å². The fourth-order valence-corrected chi connectivity index (χ4v) is 3.00. The van der Waals surface area contributed by atoms with E-state index in [1.54, 1.807) is 6.20 Å². The topological polar surface area (TPSA) is 49.3 Å². The molecule has 5 nitrogen and oxygen atoms in total. The molecule has 1 atom stereocenters. The Morgan fingerprint density at radius 1 is 1.45 bits per heavy atom. The number of nitrogens with zero attached hydrogens (tertiary/aromatic N) is 4. The van der Waals surface area contributed by atoms with Crippen molar-refractivity contribution in [3.8, 4) is 0 Å². The fourth-order valence-electron chi connectivity index (χ4n) is 2.82. The Hall–Kier alpha value is -1.20. The summed E-state index contributed by atoms with van der Waals surface area (Å²) < 4.78 is 0. The number of piperidine rings is 1. The molecule has 6 heteroatoms. The van der Waals surface area contributed by atoms with Crippen molar-refractivity contribution in [2.24, 2.45) is 0 Å². The maximum Gasteiger partial charge on any atom is 0.274 e. The van der Waals surface area contributed by atoms with Gasteiger partial charge in [-0.3, -0.25) is 4.79 Å². The third kappa shape index (κ3) is 3.96. The molecule has 1 fully saturated rings. The molecule has 1 aromatic rings. The lowest BCUT2D eigenvalue weighted by Gasteiger charge is -2.37. The first-order valence-corrected chi connectivity index (χ1v) is 8.26. The summed E-state index contributed by atoms with van der Waals surface area (Å²) in [6.45, 7) is 5.65. The molecular weight excluding hydrogens is 300 g/mol. The van der Waals surface area contributed by atoms with E-state index >= 15 is 0 Å². The predicted octanol–water partition coefficient (Wildman–Crippen LogP) is 2.81. The van der Waals surface area contributed by atoms with E-state index in [1.807, 2.05) is 32.8 Å². The number of amides is 1. The number of aromatic nitrogens is 2. The quantitative estimate of drug-likeness (QED) is 0.854. The normalized spacial score (nSPS) is 19.0. The summed E-state index contributed by atoms with van der Waals surface area (Å²) in [5.74, 6) is 0.762. The van der Waals surface area contributed by atoms with Crippen LogP contribution in [-0.2, 0) is 0 Å². The lowest BCUT2D eigenvalue weighted by atomic mass is 10.0. The SMILES string of the molecule is CC(C)c1ncc(Cl)c(C(=O)N2CCCC[C@H]2CN(C)C)n1. The smallest absolute Gasteiger partial charge is 0.274 e. The van der Waals surface area contributed by atoms with Crippen molar-refractivity contribution in [3.63, 3.8) is 0 Å². The number of carbonyl (C=O) groups is 1. The second kappa shape index (κ2) is 7.38. The molecule has 0 aromatic carbocycles. The average molecular weight is 325 g/mol. The molecule has 122 valence electrons. The standard InChI is InChI=1S/C16H25ClN4O/c1-11(2)15-18-9-13(17)14(19-15)16(22)21-8-6-5-7-12(21)10-20(3)4/h9,11-12H,5-8,10H2,1-4H3/t12-/m0/s1. The van der Waals surface area contributed by atoms with Crippen LogP contribution in [0.2, 0.25) is 5.02 Å². The van der Waals surface area contributed by atoms with Gasteiger partial charge >= 0.3 is 0 Å². The summed E-state index contributed by atoms with van der Waals surface area (Å²) in [4.78, 5) is 25.6. The van der Waals surface area contributed by atoms with Crippen molar-refractivity contribution in [1.82, 2.24) is 19.8 Å². The van der Waals surface area contributed by atoms with Crippen molar-refractivity contribution < 1.29 is 4.79 Å². The van der Waals surface area contributed by atoms with E-state index in [9.17, 15) is 4.79 Å². The van der Waals surface area contributed by atoms with Gasteiger partial charge in [0, 0.05) is 25.0 Å². The highest BCUT2D eigenvalue weighted by Gasteiger charge is 2.30. The summed E-state index contributed by atoms with van der Waals surface area (Å²) >= 11 is 6.19. The number of likely N-dealkylation sites (N-methyl/N-ethyl adjacent to an activating group) is 1. The van der Waals surface area contributed by atoms with Crippen LogP contribution in [0.1, 0.15) is 55.3 Å². The van der Waals surface area contributed by atoms with Gasteiger partial charge in [-0.2, -0.15) is 0 Å². The highest BCUT2D eigenvalue weighted by molar-refractivity contribution is 6.33.